The Labute approximate surface area is 171 Å². The van der Waals surface area contributed by atoms with Crippen molar-refractivity contribution >= 4 is 23.4 Å². The van der Waals surface area contributed by atoms with Gasteiger partial charge in [-0.1, -0.05) is 18.2 Å². The molecule has 0 saturated carbocycles. The van der Waals surface area contributed by atoms with E-state index in [-0.39, 0.29) is 12.0 Å². The zero-order chi connectivity index (χ0) is 21.3. The van der Waals surface area contributed by atoms with Crippen LogP contribution in [0.25, 0.3) is 0 Å². The Morgan fingerprint density at radius 2 is 1.97 bits per heavy atom. The van der Waals surface area contributed by atoms with E-state index < -0.39 is 29.9 Å². The molecule has 0 bridgehead atoms. The molecule has 0 aliphatic carbocycles. The van der Waals surface area contributed by atoms with Gasteiger partial charge in [0.1, 0.15) is 12.0 Å². The topological polar surface area (TPSA) is 121 Å². The molecular weight excluding hydrogens is 389 g/mol. The fraction of sp³-hybridized carbons (Fsp3) is 0.143. The molecule has 0 radical (unpaired) electrons. The van der Waals surface area contributed by atoms with Crippen molar-refractivity contribution < 1.29 is 19.1 Å². The molecule has 0 saturated heterocycles. The summed E-state index contributed by atoms with van der Waals surface area (Å²) >= 11 is 0. The molecule has 3 heterocycles. The summed E-state index contributed by atoms with van der Waals surface area (Å²) in [7, 11) is 0. The van der Waals surface area contributed by atoms with Gasteiger partial charge in [-0.3, -0.25) is 9.78 Å². The van der Waals surface area contributed by atoms with Gasteiger partial charge >= 0.3 is 5.97 Å². The number of anilines is 2. The minimum Gasteiger partial charge on any atom is -0.478 e. The number of nitrogens with two attached hydrogens (primary N) is 1. The minimum absolute atomic E-state index is 0.0236. The van der Waals surface area contributed by atoms with Crippen LogP contribution in [0.1, 0.15) is 40.1 Å². The number of carboxylic acid groups (broad SMARTS) is 1. The van der Waals surface area contributed by atoms with E-state index in [1.165, 1.54) is 24.4 Å². The van der Waals surface area contributed by atoms with Crippen molar-refractivity contribution in [3.8, 4) is 0 Å². The molecule has 1 amide bonds. The van der Waals surface area contributed by atoms with E-state index in [1.807, 2.05) is 0 Å². The molecular formula is C21H18FN5O3. The van der Waals surface area contributed by atoms with Crippen molar-refractivity contribution in [2.45, 2.75) is 18.6 Å². The number of primary amides is 1. The Morgan fingerprint density at radius 1 is 1.20 bits per heavy atom. The number of rotatable bonds is 6. The van der Waals surface area contributed by atoms with Crippen molar-refractivity contribution in [2.75, 3.05) is 10.2 Å². The number of benzene rings is 1. The SMILES string of the molecule is NC(=O)CC(c1cccnc1)N1c2c(C(=O)O)ccnc2NC1c1ccc(F)cc1. The second-order valence-corrected chi connectivity index (χ2v) is 6.84. The molecule has 1 aliphatic rings. The highest BCUT2D eigenvalue weighted by Gasteiger charge is 2.40. The van der Waals surface area contributed by atoms with Gasteiger partial charge in [0.25, 0.3) is 0 Å². The lowest BCUT2D eigenvalue weighted by Crippen LogP contribution is -2.35. The predicted molar refractivity (Wildman–Crippen MR) is 107 cm³/mol. The third-order valence-electron chi connectivity index (χ3n) is 4.95. The molecule has 152 valence electrons. The van der Waals surface area contributed by atoms with E-state index in [4.69, 9.17) is 5.73 Å². The van der Waals surface area contributed by atoms with E-state index in [9.17, 15) is 19.1 Å². The van der Waals surface area contributed by atoms with Crippen LogP contribution >= 0.6 is 0 Å². The monoisotopic (exact) mass is 407 g/mol. The molecule has 2 aromatic heterocycles. The summed E-state index contributed by atoms with van der Waals surface area (Å²) in [5.41, 5.74) is 7.23. The number of carboxylic acids is 1. The van der Waals surface area contributed by atoms with E-state index >= 15 is 0 Å². The first-order valence-electron chi connectivity index (χ1n) is 9.16. The van der Waals surface area contributed by atoms with Crippen molar-refractivity contribution in [1.29, 1.82) is 0 Å². The van der Waals surface area contributed by atoms with Crippen LogP contribution < -0.4 is 16.0 Å². The standard InChI is InChI=1S/C21H18FN5O3/c22-14-5-3-12(4-6-14)20-26-19-18(15(21(29)30)7-9-25-19)27(20)16(10-17(23)28)13-2-1-8-24-11-13/h1-9,11,16,20H,10H2,(H2,23,28)(H,25,26)(H,29,30). The lowest BCUT2D eigenvalue weighted by Gasteiger charge is -2.35. The van der Waals surface area contributed by atoms with E-state index in [0.29, 0.717) is 22.6 Å². The third-order valence-corrected chi connectivity index (χ3v) is 4.95. The molecule has 0 spiro atoms. The maximum absolute atomic E-state index is 13.5. The smallest absolute Gasteiger partial charge is 0.338 e. The van der Waals surface area contributed by atoms with Crippen LogP contribution in [0, 0.1) is 5.82 Å². The van der Waals surface area contributed by atoms with Gasteiger partial charge in [-0.05, 0) is 35.4 Å². The summed E-state index contributed by atoms with van der Waals surface area (Å²) in [5.74, 6) is -1.74. The number of halogens is 1. The summed E-state index contributed by atoms with van der Waals surface area (Å²) in [6.45, 7) is 0. The summed E-state index contributed by atoms with van der Waals surface area (Å²) in [4.78, 5) is 34.0. The molecule has 1 aliphatic heterocycles. The third kappa shape index (κ3) is 3.52. The van der Waals surface area contributed by atoms with Crippen LogP contribution in [0.15, 0.2) is 61.1 Å². The van der Waals surface area contributed by atoms with Crippen molar-refractivity contribution in [1.82, 2.24) is 9.97 Å². The lowest BCUT2D eigenvalue weighted by molar-refractivity contribution is -0.118. The first-order chi connectivity index (χ1) is 14.5. The minimum atomic E-state index is -1.13. The average Bonchev–Trinajstić information content (AvgIpc) is 3.12. The molecule has 9 heteroatoms. The zero-order valence-electron chi connectivity index (χ0n) is 15.7. The molecule has 2 unspecified atom stereocenters. The number of hydrogen-bond donors (Lipinski definition) is 3. The van der Waals surface area contributed by atoms with E-state index in [1.54, 1.807) is 41.6 Å². The fourth-order valence-corrected chi connectivity index (χ4v) is 3.69. The normalized spacial score (nSPS) is 15.9. The first kappa shape index (κ1) is 19.3. The molecule has 2 atom stereocenters. The summed E-state index contributed by atoms with van der Waals surface area (Å²) in [6.07, 6.45) is 3.91. The summed E-state index contributed by atoms with van der Waals surface area (Å²) in [6, 6.07) is 10.1. The highest BCUT2D eigenvalue weighted by Crippen LogP contribution is 2.47. The van der Waals surface area contributed by atoms with E-state index in [0.717, 1.165) is 0 Å². The number of hydrogen-bond acceptors (Lipinski definition) is 6. The Kier molecular flexibility index (Phi) is 5.01. The molecule has 4 rings (SSSR count). The van der Waals surface area contributed by atoms with Gasteiger partial charge in [0.15, 0.2) is 5.82 Å². The fourth-order valence-electron chi connectivity index (χ4n) is 3.69. The van der Waals surface area contributed by atoms with Gasteiger partial charge in [0, 0.05) is 18.6 Å². The lowest BCUT2D eigenvalue weighted by atomic mass is 10.00. The number of nitrogens with zero attached hydrogens (tertiary/aromatic N) is 3. The van der Waals surface area contributed by atoms with Gasteiger partial charge in [-0.25, -0.2) is 14.2 Å². The second kappa shape index (κ2) is 7.78. The Balaban J connectivity index is 1.92. The first-order valence-corrected chi connectivity index (χ1v) is 9.16. The molecule has 1 aromatic carbocycles. The maximum Gasteiger partial charge on any atom is 0.338 e. The highest BCUT2D eigenvalue weighted by atomic mass is 19.1. The van der Waals surface area contributed by atoms with Gasteiger partial charge in [-0.2, -0.15) is 0 Å². The number of pyridine rings is 2. The number of fused-ring (bicyclic) bond motifs is 1. The van der Waals surface area contributed by atoms with Crippen molar-refractivity contribution in [3.05, 3.63) is 83.6 Å². The number of carbonyl (C=O) groups is 2. The Hall–Kier alpha value is -4.01. The largest absolute Gasteiger partial charge is 0.478 e. The van der Waals surface area contributed by atoms with Crippen LogP contribution in [-0.2, 0) is 4.79 Å². The number of amides is 1. The van der Waals surface area contributed by atoms with Crippen molar-refractivity contribution in [3.63, 3.8) is 0 Å². The van der Waals surface area contributed by atoms with Crippen LogP contribution in [0.2, 0.25) is 0 Å². The average molecular weight is 407 g/mol. The second-order valence-electron chi connectivity index (χ2n) is 6.84. The van der Waals surface area contributed by atoms with Gasteiger partial charge in [0.05, 0.1) is 23.7 Å². The van der Waals surface area contributed by atoms with Crippen LogP contribution in [-0.4, -0.2) is 27.0 Å². The predicted octanol–water partition coefficient (Wildman–Crippen LogP) is 2.86. The van der Waals surface area contributed by atoms with Crippen LogP contribution in [0.5, 0.6) is 0 Å². The molecule has 3 aromatic rings. The number of aromatic carboxylic acids is 1. The van der Waals surface area contributed by atoms with Crippen LogP contribution in [0.4, 0.5) is 15.9 Å². The van der Waals surface area contributed by atoms with E-state index in [2.05, 4.69) is 15.3 Å². The summed E-state index contributed by atoms with van der Waals surface area (Å²) < 4.78 is 13.5. The van der Waals surface area contributed by atoms with Crippen LogP contribution in [0.3, 0.4) is 0 Å². The van der Waals surface area contributed by atoms with Crippen molar-refractivity contribution in [2.24, 2.45) is 5.73 Å². The van der Waals surface area contributed by atoms with Gasteiger partial charge < -0.3 is 21.1 Å². The highest BCUT2D eigenvalue weighted by molar-refractivity contribution is 5.99. The Morgan fingerprint density at radius 3 is 2.60 bits per heavy atom. The Bertz CT molecular complexity index is 1090. The maximum atomic E-state index is 13.5. The quantitative estimate of drug-likeness (QED) is 0.574. The molecule has 4 N–H and O–H groups in total. The van der Waals surface area contributed by atoms with Gasteiger partial charge in [-0.15, -0.1) is 0 Å². The van der Waals surface area contributed by atoms with Gasteiger partial charge in [0.2, 0.25) is 5.91 Å². The number of aromatic nitrogens is 2. The molecule has 30 heavy (non-hydrogen) atoms. The number of nitrogens with one attached hydrogen (secondary N) is 1. The number of carbonyl (C=O) groups excluding carboxylic acids is 1. The molecule has 0 fully saturated rings. The molecule has 8 nitrogen and oxygen atoms in total. The zero-order valence-corrected chi connectivity index (χ0v) is 15.7. The summed E-state index contributed by atoms with van der Waals surface area (Å²) in [5, 5.41) is 13.0.